The topological polar surface area (TPSA) is 79.5 Å². The third kappa shape index (κ3) is 3.58. The van der Waals surface area contributed by atoms with Gasteiger partial charge < -0.3 is 14.8 Å². The molecule has 0 aliphatic heterocycles. The first-order chi connectivity index (χ1) is 9.16. The van der Waals surface area contributed by atoms with Crippen molar-refractivity contribution in [2.24, 2.45) is 0 Å². The molecular formula is C14H15NO4. The van der Waals surface area contributed by atoms with E-state index < -0.39 is 5.97 Å². The van der Waals surface area contributed by atoms with Crippen LogP contribution < -0.4 is 5.32 Å². The number of carbonyl (C=O) groups excluding carboxylic acids is 1. The smallest absolute Gasteiger partial charge is 0.303 e. The minimum Gasteiger partial charge on any atom is -0.481 e. The Balaban J connectivity index is 1.84. The van der Waals surface area contributed by atoms with Crippen molar-refractivity contribution in [3.63, 3.8) is 0 Å². The lowest BCUT2D eigenvalue weighted by Crippen LogP contribution is -2.24. The summed E-state index contributed by atoms with van der Waals surface area (Å²) in [6.45, 7) is 0.448. The molecule has 19 heavy (non-hydrogen) atoms. The van der Waals surface area contributed by atoms with E-state index in [-0.39, 0.29) is 18.1 Å². The number of fused-ring (bicyclic) bond motifs is 1. The third-order valence-corrected chi connectivity index (χ3v) is 2.75. The average molecular weight is 261 g/mol. The highest BCUT2D eigenvalue weighted by atomic mass is 16.4. The quantitative estimate of drug-likeness (QED) is 0.782. The van der Waals surface area contributed by atoms with Crippen LogP contribution in [0, 0.1) is 0 Å². The summed E-state index contributed by atoms with van der Waals surface area (Å²) in [5, 5.41) is 12.1. The highest BCUT2D eigenvalue weighted by molar-refractivity contribution is 5.96. The Morgan fingerprint density at radius 3 is 2.74 bits per heavy atom. The molecule has 5 heteroatoms. The number of carbonyl (C=O) groups is 2. The van der Waals surface area contributed by atoms with Crippen molar-refractivity contribution in [3.8, 4) is 0 Å². The second-order valence-corrected chi connectivity index (χ2v) is 4.26. The van der Waals surface area contributed by atoms with Crippen LogP contribution in [-0.2, 0) is 4.79 Å². The molecule has 0 spiro atoms. The maximum absolute atomic E-state index is 11.8. The van der Waals surface area contributed by atoms with Gasteiger partial charge in [-0.3, -0.25) is 9.59 Å². The van der Waals surface area contributed by atoms with E-state index in [1.165, 1.54) is 0 Å². The van der Waals surface area contributed by atoms with Gasteiger partial charge in [0, 0.05) is 18.4 Å². The first-order valence-electron chi connectivity index (χ1n) is 6.15. The van der Waals surface area contributed by atoms with Crippen molar-refractivity contribution in [1.29, 1.82) is 0 Å². The standard InChI is InChI=1S/C14H15NO4/c16-13(17)7-3-4-8-15-14(18)12-9-10-5-1-2-6-11(10)19-12/h1-2,5-6,9H,3-4,7-8H2,(H,15,18)(H,16,17). The largest absolute Gasteiger partial charge is 0.481 e. The van der Waals surface area contributed by atoms with Crippen molar-refractivity contribution in [2.45, 2.75) is 19.3 Å². The third-order valence-electron chi connectivity index (χ3n) is 2.75. The monoisotopic (exact) mass is 261 g/mol. The Labute approximate surface area is 110 Å². The Kier molecular flexibility index (Phi) is 4.18. The zero-order valence-corrected chi connectivity index (χ0v) is 10.4. The Bertz CT molecular complexity index is 555. The predicted molar refractivity (Wildman–Crippen MR) is 70.0 cm³/mol. The van der Waals surface area contributed by atoms with E-state index in [0.717, 1.165) is 5.39 Å². The number of benzene rings is 1. The Morgan fingerprint density at radius 2 is 2.00 bits per heavy atom. The summed E-state index contributed by atoms with van der Waals surface area (Å²) in [4.78, 5) is 22.1. The normalized spacial score (nSPS) is 10.5. The molecule has 1 aromatic carbocycles. The summed E-state index contributed by atoms with van der Waals surface area (Å²) in [6, 6.07) is 9.11. The van der Waals surface area contributed by atoms with Crippen LogP contribution in [0.5, 0.6) is 0 Å². The number of hydrogen-bond acceptors (Lipinski definition) is 3. The lowest BCUT2D eigenvalue weighted by atomic mass is 10.2. The summed E-state index contributed by atoms with van der Waals surface area (Å²) in [7, 11) is 0. The summed E-state index contributed by atoms with van der Waals surface area (Å²) >= 11 is 0. The minimum absolute atomic E-state index is 0.126. The molecule has 0 radical (unpaired) electrons. The zero-order chi connectivity index (χ0) is 13.7. The van der Waals surface area contributed by atoms with Gasteiger partial charge in [-0.1, -0.05) is 18.2 Å². The first kappa shape index (κ1) is 13.1. The van der Waals surface area contributed by atoms with Crippen LogP contribution in [0.15, 0.2) is 34.7 Å². The van der Waals surface area contributed by atoms with E-state index in [1.807, 2.05) is 18.2 Å². The van der Waals surface area contributed by atoms with E-state index in [9.17, 15) is 9.59 Å². The van der Waals surface area contributed by atoms with Gasteiger partial charge in [-0.05, 0) is 25.0 Å². The van der Waals surface area contributed by atoms with Crippen LogP contribution in [0.1, 0.15) is 29.8 Å². The van der Waals surface area contributed by atoms with Crippen molar-refractivity contribution in [3.05, 3.63) is 36.1 Å². The number of unbranched alkanes of at least 4 members (excludes halogenated alkanes) is 1. The van der Waals surface area contributed by atoms with E-state index in [1.54, 1.807) is 12.1 Å². The number of para-hydroxylation sites is 1. The first-order valence-corrected chi connectivity index (χ1v) is 6.15. The number of carboxylic acids is 1. The number of carboxylic acid groups (broad SMARTS) is 1. The van der Waals surface area contributed by atoms with Crippen LogP contribution in [-0.4, -0.2) is 23.5 Å². The van der Waals surface area contributed by atoms with E-state index in [0.29, 0.717) is 25.0 Å². The molecule has 0 aliphatic carbocycles. The van der Waals surface area contributed by atoms with E-state index in [2.05, 4.69) is 5.32 Å². The maximum Gasteiger partial charge on any atom is 0.303 e. The van der Waals surface area contributed by atoms with Gasteiger partial charge in [0.1, 0.15) is 5.58 Å². The van der Waals surface area contributed by atoms with Gasteiger partial charge in [-0.2, -0.15) is 0 Å². The highest BCUT2D eigenvalue weighted by Gasteiger charge is 2.11. The van der Waals surface area contributed by atoms with Crippen LogP contribution >= 0.6 is 0 Å². The van der Waals surface area contributed by atoms with Crippen molar-refractivity contribution in [2.75, 3.05) is 6.54 Å². The fraction of sp³-hybridized carbons (Fsp3) is 0.286. The van der Waals surface area contributed by atoms with Crippen LogP contribution in [0.4, 0.5) is 0 Å². The van der Waals surface area contributed by atoms with Gasteiger partial charge in [0.25, 0.3) is 5.91 Å². The fourth-order valence-corrected chi connectivity index (χ4v) is 1.78. The van der Waals surface area contributed by atoms with Gasteiger partial charge in [0.2, 0.25) is 0 Å². The number of aliphatic carboxylic acids is 1. The van der Waals surface area contributed by atoms with Gasteiger partial charge in [0.15, 0.2) is 5.76 Å². The average Bonchev–Trinajstić information content (AvgIpc) is 2.81. The van der Waals surface area contributed by atoms with Crippen LogP contribution in [0.3, 0.4) is 0 Å². The summed E-state index contributed by atoms with van der Waals surface area (Å²) in [6.07, 6.45) is 1.31. The Hall–Kier alpha value is -2.30. The molecule has 0 aliphatic rings. The molecule has 0 unspecified atom stereocenters. The van der Waals surface area contributed by atoms with Gasteiger partial charge in [-0.15, -0.1) is 0 Å². The molecule has 0 atom stereocenters. The number of amides is 1. The van der Waals surface area contributed by atoms with Crippen molar-refractivity contribution >= 4 is 22.8 Å². The Morgan fingerprint density at radius 1 is 1.21 bits per heavy atom. The number of rotatable bonds is 6. The molecule has 2 rings (SSSR count). The molecule has 0 saturated carbocycles. The second-order valence-electron chi connectivity index (χ2n) is 4.26. The number of nitrogens with one attached hydrogen (secondary N) is 1. The molecule has 0 fully saturated rings. The van der Waals surface area contributed by atoms with Gasteiger partial charge in [0.05, 0.1) is 0 Å². The lowest BCUT2D eigenvalue weighted by Gasteiger charge is -2.01. The van der Waals surface area contributed by atoms with Crippen molar-refractivity contribution in [1.82, 2.24) is 5.32 Å². The van der Waals surface area contributed by atoms with Crippen molar-refractivity contribution < 1.29 is 19.1 Å². The molecule has 5 nitrogen and oxygen atoms in total. The fourth-order valence-electron chi connectivity index (χ4n) is 1.78. The number of furan rings is 1. The van der Waals surface area contributed by atoms with Gasteiger partial charge >= 0.3 is 5.97 Å². The molecular weight excluding hydrogens is 246 g/mol. The van der Waals surface area contributed by atoms with Crippen LogP contribution in [0.2, 0.25) is 0 Å². The van der Waals surface area contributed by atoms with E-state index in [4.69, 9.17) is 9.52 Å². The molecule has 1 aromatic heterocycles. The highest BCUT2D eigenvalue weighted by Crippen LogP contribution is 2.18. The van der Waals surface area contributed by atoms with E-state index >= 15 is 0 Å². The molecule has 100 valence electrons. The summed E-state index contributed by atoms with van der Waals surface area (Å²) in [5.41, 5.74) is 0.679. The zero-order valence-electron chi connectivity index (χ0n) is 10.4. The molecule has 2 N–H and O–H groups in total. The summed E-state index contributed by atoms with van der Waals surface area (Å²) in [5.74, 6) is -0.811. The molecule has 1 amide bonds. The molecule has 2 aromatic rings. The molecule has 0 saturated heterocycles. The SMILES string of the molecule is O=C(O)CCCCNC(=O)c1cc2ccccc2o1. The lowest BCUT2D eigenvalue weighted by molar-refractivity contribution is -0.137. The number of hydrogen-bond donors (Lipinski definition) is 2. The maximum atomic E-state index is 11.8. The van der Waals surface area contributed by atoms with Gasteiger partial charge in [-0.25, -0.2) is 0 Å². The predicted octanol–water partition coefficient (Wildman–Crippen LogP) is 2.42. The summed E-state index contributed by atoms with van der Waals surface area (Å²) < 4.78 is 5.42. The molecule has 0 bridgehead atoms. The second kappa shape index (κ2) is 6.04. The minimum atomic E-state index is -0.816. The molecule has 1 heterocycles. The van der Waals surface area contributed by atoms with Crippen LogP contribution in [0.25, 0.3) is 11.0 Å².